The maximum Gasteiger partial charge on any atom is 0.159 e. The van der Waals surface area contributed by atoms with Crippen LogP contribution in [0.1, 0.15) is 34.1 Å². The number of aryl methyl sites for hydroxylation is 2. The third-order valence-corrected chi connectivity index (χ3v) is 3.90. The molecule has 0 aliphatic rings. The van der Waals surface area contributed by atoms with E-state index in [0.717, 1.165) is 16.3 Å². The van der Waals surface area contributed by atoms with Crippen LogP contribution in [0.15, 0.2) is 35.4 Å². The van der Waals surface area contributed by atoms with E-state index in [9.17, 15) is 9.90 Å². The Kier molecular flexibility index (Phi) is 4.45. The second-order valence-electron chi connectivity index (χ2n) is 4.81. The van der Waals surface area contributed by atoms with Crippen LogP contribution < -0.4 is 0 Å². The zero-order valence-electron chi connectivity index (χ0n) is 11.8. The van der Waals surface area contributed by atoms with E-state index in [1.165, 1.54) is 12.5 Å². The molecule has 0 unspecified atom stereocenters. The number of pyridine rings is 1. The van der Waals surface area contributed by atoms with Gasteiger partial charge in [0, 0.05) is 22.6 Å². The predicted octanol–water partition coefficient (Wildman–Crippen LogP) is 3.90. The molecule has 4 heteroatoms. The number of phenols is 1. The number of rotatable bonds is 4. The molecule has 2 aromatic rings. The maximum atomic E-state index is 11.4. The molecule has 0 spiro atoms. The molecule has 0 saturated heterocycles. The van der Waals surface area contributed by atoms with Crippen LogP contribution in [0.25, 0.3) is 0 Å². The fourth-order valence-electron chi connectivity index (χ4n) is 1.95. The van der Waals surface area contributed by atoms with Gasteiger partial charge in [0.05, 0.1) is 5.03 Å². The largest absolute Gasteiger partial charge is 0.508 e. The van der Waals surface area contributed by atoms with Gasteiger partial charge in [0.1, 0.15) is 5.75 Å². The number of hydrogen-bond acceptors (Lipinski definition) is 4. The van der Waals surface area contributed by atoms with Gasteiger partial charge in [-0.15, -0.1) is 11.8 Å². The number of carbonyl (C=O) groups is 1. The van der Waals surface area contributed by atoms with Gasteiger partial charge < -0.3 is 5.11 Å². The van der Waals surface area contributed by atoms with Gasteiger partial charge in [0.25, 0.3) is 0 Å². The van der Waals surface area contributed by atoms with Gasteiger partial charge in [-0.05, 0) is 56.7 Å². The summed E-state index contributed by atoms with van der Waals surface area (Å²) in [7, 11) is 0. The number of Topliss-reactive ketones (excluding diaryl/α,β-unsaturated/α-hetero) is 1. The molecule has 2 rings (SSSR count). The zero-order valence-corrected chi connectivity index (χ0v) is 12.6. The van der Waals surface area contributed by atoms with Gasteiger partial charge >= 0.3 is 0 Å². The summed E-state index contributed by atoms with van der Waals surface area (Å²) in [5.74, 6) is 0.802. The van der Waals surface area contributed by atoms with E-state index in [4.69, 9.17) is 0 Å². The third-order valence-electron chi connectivity index (χ3n) is 2.94. The van der Waals surface area contributed by atoms with Gasteiger partial charge in [-0.2, -0.15) is 0 Å². The first-order valence-corrected chi connectivity index (χ1v) is 7.35. The Hall–Kier alpha value is -1.81. The Labute approximate surface area is 123 Å². The van der Waals surface area contributed by atoms with Crippen molar-refractivity contribution in [2.24, 2.45) is 0 Å². The number of aromatic nitrogens is 1. The van der Waals surface area contributed by atoms with Crippen LogP contribution >= 0.6 is 11.8 Å². The summed E-state index contributed by atoms with van der Waals surface area (Å²) in [5, 5.41) is 10.8. The SMILES string of the molecule is CC(=O)c1ccc(O)c(CSc2cc(C)cc(C)n2)c1. The van der Waals surface area contributed by atoms with Crippen molar-refractivity contribution in [1.82, 2.24) is 4.98 Å². The Balaban J connectivity index is 2.18. The normalized spacial score (nSPS) is 10.6. The van der Waals surface area contributed by atoms with Crippen LogP contribution in [-0.2, 0) is 5.75 Å². The van der Waals surface area contributed by atoms with Gasteiger partial charge in [0.2, 0.25) is 0 Å². The van der Waals surface area contributed by atoms with E-state index in [2.05, 4.69) is 4.98 Å². The molecular formula is C16H17NO2S. The molecule has 0 amide bonds. The average Bonchev–Trinajstić information content (AvgIpc) is 2.36. The van der Waals surface area contributed by atoms with Crippen molar-refractivity contribution in [1.29, 1.82) is 0 Å². The van der Waals surface area contributed by atoms with Gasteiger partial charge in [0.15, 0.2) is 5.78 Å². The predicted molar refractivity (Wildman–Crippen MR) is 81.4 cm³/mol. The number of hydrogen-bond donors (Lipinski definition) is 1. The number of benzene rings is 1. The number of thioether (sulfide) groups is 1. The molecule has 0 atom stereocenters. The molecule has 1 N–H and O–H groups in total. The lowest BCUT2D eigenvalue weighted by Gasteiger charge is -2.07. The summed E-state index contributed by atoms with van der Waals surface area (Å²) in [6.07, 6.45) is 0. The Morgan fingerprint density at radius 3 is 2.65 bits per heavy atom. The first-order valence-electron chi connectivity index (χ1n) is 6.36. The highest BCUT2D eigenvalue weighted by Crippen LogP contribution is 2.28. The lowest BCUT2D eigenvalue weighted by Crippen LogP contribution is -1.94. The van der Waals surface area contributed by atoms with E-state index >= 15 is 0 Å². The molecule has 1 aromatic heterocycles. The van der Waals surface area contributed by atoms with Crippen molar-refractivity contribution in [3.63, 3.8) is 0 Å². The van der Waals surface area contributed by atoms with E-state index in [1.807, 2.05) is 26.0 Å². The van der Waals surface area contributed by atoms with Crippen molar-refractivity contribution in [2.75, 3.05) is 0 Å². The van der Waals surface area contributed by atoms with Crippen LogP contribution in [0.4, 0.5) is 0 Å². The third kappa shape index (κ3) is 3.61. The molecule has 20 heavy (non-hydrogen) atoms. The van der Waals surface area contributed by atoms with Gasteiger partial charge in [-0.1, -0.05) is 0 Å². The summed E-state index contributed by atoms with van der Waals surface area (Å²) >= 11 is 1.55. The molecule has 1 heterocycles. The summed E-state index contributed by atoms with van der Waals surface area (Å²) in [5.41, 5.74) is 3.52. The lowest BCUT2D eigenvalue weighted by molar-refractivity contribution is 0.101. The van der Waals surface area contributed by atoms with Crippen LogP contribution in [0.3, 0.4) is 0 Å². The molecular weight excluding hydrogens is 270 g/mol. The highest BCUT2D eigenvalue weighted by atomic mass is 32.2. The molecule has 1 aromatic carbocycles. The molecule has 0 fully saturated rings. The van der Waals surface area contributed by atoms with Crippen LogP contribution in [0.2, 0.25) is 0 Å². The number of aromatic hydroxyl groups is 1. The second-order valence-corrected chi connectivity index (χ2v) is 5.81. The zero-order chi connectivity index (χ0) is 14.7. The minimum absolute atomic E-state index is 0.000718. The van der Waals surface area contributed by atoms with Crippen LogP contribution in [0, 0.1) is 13.8 Å². The first-order chi connectivity index (χ1) is 9.45. The summed E-state index contributed by atoms with van der Waals surface area (Å²) in [6, 6.07) is 9.00. The fraction of sp³-hybridized carbons (Fsp3) is 0.250. The van der Waals surface area contributed by atoms with Crippen molar-refractivity contribution in [3.8, 4) is 5.75 Å². The van der Waals surface area contributed by atoms with Crippen molar-refractivity contribution < 1.29 is 9.90 Å². The second kappa shape index (κ2) is 6.09. The van der Waals surface area contributed by atoms with Crippen LogP contribution in [0.5, 0.6) is 5.75 Å². The molecule has 0 saturated carbocycles. The summed E-state index contributed by atoms with van der Waals surface area (Å²) < 4.78 is 0. The highest BCUT2D eigenvalue weighted by molar-refractivity contribution is 7.98. The van der Waals surface area contributed by atoms with E-state index in [0.29, 0.717) is 11.3 Å². The number of ketones is 1. The fourth-order valence-corrected chi connectivity index (χ4v) is 2.96. The maximum absolute atomic E-state index is 11.4. The molecule has 104 valence electrons. The number of carbonyl (C=O) groups excluding carboxylic acids is 1. The Morgan fingerprint density at radius 1 is 1.25 bits per heavy atom. The summed E-state index contributed by atoms with van der Waals surface area (Å²) in [6.45, 7) is 5.52. The molecule has 0 bridgehead atoms. The molecule has 0 aliphatic carbocycles. The minimum Gasteiger partial charge on any atom is -0.508 e. The molecule has 0 radical (unpaired) electrons. The standard InChI is InChI=1S/C16H17NO2S/c1-10-6-11(2)17-16(7-10)20-9-14-8-13(12(3)18)4-5-15(14)19/h4-8,19H,9H2,1-3H3. The summed E-state index contributed by atoms with van der Waals surface area (Å²) in [4.78, 5) is 15.8. The van der Waals surface area contributed by atoms with Gasteiger partial charge in [-0.3, -0.25) is 4.79 Å². The molecule has 0 aliphatic heterocycles. The smallest absolute Gasteiger partial charge is 0.159 e. The van der Waals surface area contributed by atoms with E-state index in [-0.39, 0.29) is 11.5 Å². The lowest BCUT2D eigenvalue weighted by atomic mass is 10.1. The van der Waals surface area contributed by atoms with E-state index in [1.54, 1.807) is 30.0 Å². The quantitative estimate of drug-likeness (QED) is 0.684. The topological polar surface area (TPSA) is 50.2 Å². The number of phenolic OH excluding ortho intramolecular Hbond substituents is 1. The van der Waals surface area contributed by atoms with Crippen molar-refractivity contribution in [3.05, 3.63) is 52.7 Å². The number of nitrogens with zero attached hydrogens (tertiary/aromatic N) is 1. The minimum atomic E-state index is 0.000718. The van der Waals surface area contributed by atoms with Crippen LogP contribution in [-0.4, -0.2) is 15.9 Å². The Bertz CT molecular complexity index is 633. The van der Waals surface area contributed by atoms with Gasteiger partial charge in [-0.25, -0.2) is 4.98 Å². The average molecular weight is 287 g/mol. The van der Waals surface area contributed by atoms with E-state index < -0.39 is 0 Å². The molecule has 3 nitrogen and oxygen atoms in total. The first kappa shape index (κ1) is 14.6. The monoisotopic (exact) mass is 287 g/mol. The highest BCUT2D eigenvalue weighted by Gasteiger charge is 2.07. The Morgan fingerprint density at radius 2 is 2.00 bits per heavy atom. The van der Waals surface area contributed by atoms with Crippen molar-refractivity contribution >= 4 is 17.5 Å². The van der Waals surface area contributed by atoms with Crippen molar-refractivity contribution in [2.45, 2.75) is 31.6 Å².